The van der Waals surface area contributed by atoms with Crippen LogP contribution in [0.1, 0.15) is 16.7 Å². The van der Waals surface area contributed by atoms with Crippen molar-refractivity contribution in [3.63, 3.8) is 0 Å². The molecule has 0 radical (unpaired) electrons. The second-order valence-electron chi connectivity index (χ2n) is 5.22. The van der Waals surface area contributed by atoms with E-state index in [2.05, 4.69) is 0 Å². The minimum atomic E-state index is 0.392. The molecule has 5 heteroatoms. The van der Waals surface area contributed by atoms with Crippen LogP contribution in [0, 0.1) is 13.8 Å². The maximum Gasteiger partial charge on any atom is 0.165 e. The number of methoxy groups -OCH3 is 1. The summed E-state index contributed by atoms with van der Waals surface area (Å²) in [4.78, 5) is 0. The zero-order valence-electron chi connectivity index (χ0n) is 13.7. The molecule has 2 aromatic carbocycles. The number of hydrogen-bond acceptors (Lipinski definition) is 4. The van der Waals surface area contributed by atoms with Gasteiger partial charge >= 0.3 is 0 Å². The van der Waals surface area contributed by atoms with Gasteiger partial charge in [0.15, 0.2) is 11.5 Å². The highest BCUT2D eigenvalue weighted by Gasteiger charge is 2.09. The van der Waals surface area contributed by atoms with E-state index in [9.17, 15) is 0 Å². The smallest absolute Gasteiger partial charge is 0.165 e. The van der Waals surface area contributed by atoms with Crippen LogP contribution in [0.4, 0.5) is 0 Å². The van der Waals surface area contributed by atoms with Gasteiger partial charge in [-0.2, -0.15) is 0 Å². The Labute approximate surface area is 142 Å². The standard InChI is InChI=1S/C18H22ClNO3/c1-12-9-15(10-13(2)17(12)19)22-7-8-23-18-14(11-20)5-4-6-16(18)21-3/h4-6,9-10H,7-8,11,20H2,1-3H3. The molecule has 0 aliphatic rings. The van der Waals surface area contributed by atoms with E-state index in [1.54, 1.807) is 7.11 Å². The van der Waals surface area contributed by atoms with Crippen LogP contribution in [0.2, 0.25) is 5.02 Å². The highest BCUT2D eigenvalue weighted by atomic mass is 35.5. The Kier molecular flexibility index (Phi) is 6.13. The summed E-state index contributed by atoms with van der Waals surface area (Å²) in [6, 6.07) is 9.50. The van der Waals surface area contributed by atoms with E-state index < -0.39 is 0 Å². The fourth-order valence-electron chi connectivity index (χ4n) is 2.34. The highest BCUT2D eigenvalue weighted by Crippen LogP contribution is 2.31. The van der Waals surface area contributed by atoms with E-state index in [4.69, 9.17) is 31.5 Å². The third-order valence-electron chi connectivity index (χ3n) is 3.51. The average molecular weight is 336 g/mol. The van der Waals surface area contributed by atoms with Crippen molar-refractivity contribution in [3.05, 3.63) is 52.0 Å². The summed E-state index contributed by atoms with van der Waals surface area (Å²) >= 11 is 6.15. The predicted molar refractivity (Wildman–Crippen MR) is 92.8 cm³/mol. The zero-order valence-corrected chi connectivity index (χ0v) is 14.4. The van der Waals surface area contributed by atoms with Crippen LogP contribution < -0.4 is 19.9 Å². The Hall–Kier alpha value is -1.91. The fraction of sp³-hybridized carbons (Fsp3) is 0.333. The molecule has 0 aromatic heterocycles. The van der Waals surface area contributed by atoms with Gasteiger partial charge < -0.3 is 19.9 Å². The summed E-state index contributed by atoms with van der Waals surface area (Å²) in [5, 5.41) is 0.773. The summed E-state index contributed by atoms with van der Waals surface area (Å²) in [7, 11) is 1.61. The molecule has 2 N–H and O–H groups in total. The second kappa shape index (κ2) is 8.09. The summed E-state index contributed by atoms with van der Waals surface area (Å²) < 4.78 is 16.8. The van der Waals surface area contributed by atoms with E-state index in [1.165, 1.54) is 0 Å². The lowest BCUT2D eigenvalue weighted by Crippen LogP contribution is -2.12. The number of para-hydroxylation sites is 1. The Morgan fingerprint density at radius 3 is 2.30 bits per heavy atom. The minimum Gasteiger partial charge on any atom is -0.493 e. The van der Waals surface area contributed by atoms with Crippen molar-refractivity contribution in [1.82, 2.24) is 0 Å². The molecule has 124 valence electrons. The molecule has 23 heavy (non-hydrogen) atoms. The van der Waals surface area contributed by atoms with Crippen LogP contribution in [0.3, 0.4) is 0 Å². The number of hydrogen-bond donors (Lipinski definition) is 1. The summed E-state index contributed by atoms with van der Waals surface area (Å²) in [6.07, 6.45) is 0. The average Bonchev–Trinajstić information content (AvgIpc) is 2.56. The topological polar surface area (TPSA) is 53.7 Å². The molecule has 0 spiro atoms. The molecular weight excluding hydrogens is 314 g/mol. The van der Waals surface area contributed by atoms with Gasteiger partial charge in [-0.1, -0.05) is 23.7 Å². The van der Waals surface area contributed by atoms with Crippen molar-refractivity contribution < 1.29 is 14.2 Å². The Morgan fingerprint density at radius 2 is 1.70 bits per heavy atom. The van der Waals surface area contributed by atoms with Crippen molar-refractivity contribution in [3.8, 4) is 17.2 Å². The van der Waals surface area contributed by atoms with Crippen LogP contribution in [-0.4, -0.2) is 20.3 Å². The third-order valence-corrected chi connectivity index (χ3v) is 4.10. The molecule has 0 aliphatic heterocycles. The largest absolute Gasteiger partial charge is 0.493 e. The predicted octanol–water partition coefficient (Wildman–Crippen LogP) is 3.88. The van der Waals surface area contributed by atoms with Gasteiger partial charge in [0.2, 0.25) is 0 Å². The number of ether oxygens (including phenoxy) is 3. The fourth-order valence-corrected chi connectivity index (χ4v) is 2.45. The van der Waals surface area contributed by atoms with Crippen LogP contribution in [0.25, 0.3) is 0 Å². The van der Waals surface area contributed by atoms with Crippen LogP contribution in [0.15, 0.2) is 30.3 Å². The number of rotatable bonds is 7. The normalized spacial score (nSPS) is 10.5. The molecule has 0 heterocycles. The maximum absolute atomic E-state index is 6.15. The van der Waals surface area contributed by atoms with Gasteiger partial charge in [-0.05, 0) is 43.2 Å². The lowest BCUT2D eigenvalue weighted by Gasteiger charge is -2.15. The molecule has 0 atom stereocenters. The van der Waals surface area contributed by atoms with Crippen molar-refractivity contribution in [1.29, 1.82) is 0 Å². The van der Waals surface area contributed by atoms with Crippen molar-refractivity contribution in [2.75, 3.05) is 20.3 Å². The lowest BCUT2D eigenvalue weighted by molar-refractivity contribution is 0.210. The summed E-state index contributed by atoms with van der Waals surface area (Å²) in [6.45, 7) is 5.13. The molecular formula is C18H22ClNO3. The molecule has 0 saturated heterocycles. The zero-order chi connectivity index (χ0) is 16.8. The maximum atomic E-state index is 6.15. The summed E-state index contributed by atoms with van der Waals surface area (Å²) in [5.74, 6) is 2.13. The van der Waals surface area contributed by atoms with Gasteiger partial charge in [0, 0.05) is 17.1 Å². The van der Waals surface area contributed by atoms with Crippen LogP contribution in [-0.2, 0) is 6.54 Å². The first-order valence-corrected chi connectivity index (χ1v) is 7.83. The molecule has 2 rings (SSSR count). The molecule has 0 fully saturated rings. The Morgan fingerprint density at radius 1 is 1.04 bits per heavy atom. The quantitative estimate of drug-likeness (QED) is 0.780. The molecule has 0 bridgehead atoms. The van der Waals surface area contributed by atoms with Crippen molar-refractivity contribution in [2.45, 2.75) is 20.4 Å². The molecule has 0 saturated carbocycles. The number of benzene rings is 2. The Balaban J connectivity index is 1.96. The van der Waals surface area contributed by atoms with Crippen LogP contribution >= 0.6 is 11.6 Å². The molecule has 0 unspecified atom stereocenters. The van der Waals surface area contributed by atoms with Crippen LogP contribution in [0.5, 0.6) is 17.2 Å². The lowest BCUT2D eigenvalue weighted by atomic mass is 10.1. The van der Waals surface area contributed by atoms with Gasteiger partial charge in [0.25, 0.3) is 0 Å². The molecule has 4 nitrogen and oxygen atoms in total. The summed E-state index contributed by atoms with van der Waals surface area (Å²) in [5.41, 5.74) is 8.64. The molecule has 0 aliphatic carbocycles. The van der Waals surface area contributed by atoms with Gasteiger partial charge in [0.1, 0.15) is 19.0 Å². The minimum absolute atomic E-state index is 0.392. The first-order valence-electron chi connectivity index (χ1n) is 7.45. The number of nitrogens with two attached hydrogens (primary N) is 1. The van der Waals surface area contributed by atoms with Crippen molar-refractivity contribution in [2.24, 2.45) is 5.73 Å². The SMILES string of the molecule is COc1cccc(CN)c1OCCOc1cc(C)c(Cl)c(C)c1. The first-order chi connectivity index (χ1) is 11.1. The van der Waals surface area contributed by atoms with E-state index >= 15 is 0 Å². The number of aryl methyl sites for hydroxylation is 2. The molecule has 2 aromatic rings. The van der Waals surface area contributed by atoms with E-state index in [0.29, 0.717) is 31.3 Å². The second-order valence-corrected chi connectivity index (χ2v) is 5.60. The Bertz CT molecular complexity index is 628. The number of halogens is 1. The van der Waals surface area contributed by atoms with Crippen molar-refractivity contribution >= 4 is 11.6 Å². The monoisotopic (exact) mass is 335 g/mol. The molecule has 0 amide bonds. The first kappa shape index (κ1) is 17.4. The van der Waals surface area contributed by atoms with E-state index in [0.717, 1.165) is 27.5 Å². The van der Waals surface area contributed by atoms with E-state index in [1.807, 2.05) is 44.2 Å². The van der Waals surface area contributed by atoms with Gasteiger partial charge in [-0.25, -0.2) is 0 Å². The highest BCUT2D eigenvalue weighted by molar-refractivity contribution is 6.32. The van der Waals surface area contributed by atoms with Gasteiger partial charge in [0.05, 0.1) is 7.11 Å². The van der Waals surface area contributed by atoms with Gasteiger partial charge in [-0.3, -0.25) is 0 Å². The van der Waals surface area contributed by atoms with Gasteiger partial charge in [-0.15, -0.1) is 0 Å². The third kappa shape index (κ3) is 4.30. The van der Waals surface area contributed by atoms with E-state index in [-0.39, 0.29) is 0 Å².